The largest absolute Gasteiger partial charge is 0.499 e. The fraction of sp³-hybridized carbons (Fsp3) is 0.352. The first-order valence-corrected chi connectivity index (χ1v) is 24.8. The number of halogens is 4. The first-order valence-electron chi connectivity index (χ1n) is 24.8. The summed E-state index contributed by atoms with van der Waals surface area (Å²) < 4.78 is 77.0. The smallest absolute Gasteiger partial charge is 0.418 e. The average Bonchev–Trinajstić information content (AvgIpc) is 4.13. The van der Waals surface area contributed by atoms with Gasteiger partial charge in [-0.25, -0.2) is 14.1 Å². The van der Waals surface area contributed by atoms with E-state index in [4.69, 9.17) is 18.9 Å². The van der Waals surface area contributed by atoms with Crippen LogP contribution in [0.4, 0.5) is 39.4 Å². The van der Waals surface area contributed by atoms with Gasteiger partial charge in [-0.15, -0.1) is 0 Å². The normalized spacial score (nSPS) is 18.2. The predicted molar refractivity (Wildman–Crippen MR) is 267 cm³/mol. The molecule has 2 fully saturated rings. The summed E-state index contributed by atoms with van der Waals surface area (Å²) in [5.41, 5.74) is 1.76. The molecule has 4 aromatic rings. The molecule has 24 heteroatoms. The number of hydrogen-bond acceptors (Lipinski definition) is 14. The quantitative estimate of drug-likeness (QED) is 0.0235. The van der Waals surface area contributed by atoms with Crippen LogP contribution in [-0.4, -0.2) is 132 Å². The number of nitrogens with one attached hydrogen (secondary N) is 4. The highest BCUT2D eigenvalue weighted by Gasteiger charge is 2.59. The fourth-order valence-electron chi connectivity index (χ4n) is 9.31. The van der Waals surface area contributed by atoms with E-state index in [1.807, 2.05) is 0 Å². The Bertz CT molecular complexity index is 3030. The molecule has 0 bridgehead atoms. The van der Waals surface area contributed by atoms with Crippen LogP contribution in [0, 0.1) is 5.82 Å². The first kappa shape index (κ1) is 55.7. The van der Waals surface area contributed by atoms with Crippen molar-refractivity contribution < 1.29 is 79.7 Å². The van der Waals surface area contributed by atoms with Crippen molar-refractivity contribution in [3.63, 3.8) is 0 Å². The van der Waals surface area contributed by atoms with Crippen LogP contribution in [-0.2, 0) is 72.7 Å². The Kier molecular flexibility index (Phi) is 17.3. The Morgan fingerprint density at radius 1 is 0.859 bits per heavy atom. The van der Waals surface area contributed by atoms with Crippen LogP contribution >= 0.6 is 0 Å². The van der Waals surface area contributed by atoms with E-state index in [1.165, 1.54) is 42.7 Å². The van der Waals surface area contributed by atoms with Gasteiger partial charge in [0, 0.05) is 61.1 Å². The monoisotopic (exact) mass is 1080 g/mol. The lowest BCUT2D eigenvalue weighted by Gasteiger charge is -2.31. The van der Waals surface area contributed by atoms with E-state index in [0.29, 0.717) is 51.0 Å². The van der Waals surface area contributed by atoms with Crippen molar-refractivity contribution in [1.29, 1.82) is 0 Å². The van der Waals surface area contributed by atoms with E-state index in [1.54, 1.807) is 42.5 Å². The summed E-state index contributed by atoms with van der Waals surface area (Å²) in [6, 6.07) is 17.5. The predicted octanol–water partition coefficient (Wildman–Crippen LogP) is 5.51. The third-order valence-corrected chi connectivity index (χ3v) is 13.4. The summed E-state index contributed by atoms with van der Waals surface area (Å²) in [5, 5.41) is 10.8. The standard InChI is InChI=1S/C54H53F4N7O13/c1-32(54(56,57)58)63(30-34-5-10-36(55)11-6-34)46(69)31-64-51(73)53(78-52(64)74)21-19-35-29-38(14-15-40(35)53)61-43(66)17-9-33-7-12-37(13-8-33)60-45(68)20-23-75-25-27-77-28-26-76-24-22-59-41-4-2-3-39-47(41)50(72)65(49(39)71)42-16-18-44(67)62-48(42)70/h2-8,10-15,20,23,29,32,42,59H,9,16-19,21-22,24-28,30-31H2,1H3,(H,60,68)(H,61,66)(H,62,67,70)/t32-,42?,53+/m0/s1. The summed E-state index contributed by atoms with van der Waals surface area (Å²) >= 11 is 0. The second-order valence-electron chi connectivity index (χ2n) is 18.6. The zero-order valence-electron chi connectivity index (χ0n) is 42.0. The molecule has 3 atom stereocenters. The maximum atomic E-state index is 13.9. The van der Waals surface area contributed by atoms with Crippen LogP contribution in [0.15, 0.2) is 97.3 Å². The fourth-order valence-corrected chi connectivity index (χ4v) is 9.31. The number of fused-ring (bicyclic) bond motifs is 3. The van der Waals surface area contributed by atoms with E-state index in [9.17, 15) is 60.7 Å². The molecule has 4 aromatic carbocycles. The molecule has 3 heterocycles. The van der Waals surface area contributed by atoms with Crippen LogP contribution < -0.4 is 21.3 Å². The summed E-state index contributed by atoms with van der Waals surface area (Å²) in [6.07, 6.45) is -2.82. The average molecular weight is 1080 g/mol. The lowest BCUT2D eigenvalue weighted by Crippen LogP contribution is -2.54. The molecule has 1 unspecified atom stereocenters. The number of aryl methyl sites for hydroxylation is 2. The number of carbonyl (C=O) groups is 9. The molecular weight excluding hydrogens is 1030 g/mol. The number of imide groups is 3. The zero-order valence-corrected chi connectivity index (χ0v) is 42.0. The molecule has 1 spiro atoms. The molecule has 9 amide bonds. The van der Waals surface area contributed by atoms with Gasteiger partial charge in [-0.3, -0.25) is 48.6 Å². The van der Waals surface area contributed by atoms with Crippen LogP contribution in [0.1, 0.15) is 75.6 Å². The molecule has 0 radical (unpaired) electrons. The Hall–Kier alpha value is -8.51. The number of alkyl halides is 3. The van der Waals surface area contributed by atoms with Gasteiger partial charge in [0.15, 0.2) is 0 Å². The number of anilines is 3. The van der Waals surface area contributed by atoms with Crippen LogP contribution in [0.3, 0.4) is 0 Å². The second kappa shape index (κ2) is 24.2. The van der Waals surface area contributed by atoms with Crippen LogP contribution in [0.2, 0.25) is 0 Å². The molecular formula is C54H53F4N7O13. The number of piperidine rings is 1. The molecule has 4 aliphatic rings. The number of hydrogen-bond donors (Lipinski definition) is 4. The lowest BCUT2D eigenvalue weighted by atomic mass is 9.94. The zero-order chi connectivity index (χ0) is 55.7. The summed E-state index contributed by atoms with van der Waals surface area (Å²) in [4.78, 5) is 118. The van der Waals surface area contributed by atoms with E-state index < -0.39 is 90.2 Å². The highest BCUT2D eigenvalue weighted by Crippen LogP contribution is 2.46. The van der Waals surface area contributed by atoms with Gasteiger partial charge in [0.05, 0.1) is 43.8 Å². The Morgan fingerprint density at radius 3 is 2.29 bits per heavy atom. The number of benzene rings is 4. The minimum absolute atomic E-state index is 0.00186. The number of ether oxygens (including phenoxy) is 4. The van der Waals surface area contributed by atoms with E-state index >= 15 is 0 Å². The molecule has 8 rings (SSSR count). The second-order valence-corrected chi connectivity index (χ2v) is 18.6. The van der Waals surface area contributed by atoms with Gasteiger partial charge in [-0.1, -0.05) is 36.4 Å². The van der Waals surface area contributed by atoms with Gasteiger partial charge in [-0.2, -0.15) is 13.2 Å². The maximum Gasteiger partial charge on any atom is 0.418 e. The van der Waals surface area contributed by atoms with Gasteiger partial charge < -0.3 is 39.8 Å². The summed E-state index contributed by atoms with van der Waals surface area (Å²) in [5.74, 6) is -5.81. The van der Waals surface area contributed by atoms with Crippen molar-refractivity contribution in [3.05, 3.63) is 136 Å². The van der Waals surface area contributed by atoms with Crippen molar-refractivity contribution in [3.8, 4) is 0 Å². The molecule has 2 saturated heterocycles. The number of amides is 9. The highest BCUT2D eigenvalue weighted by atomic mass is 19.4. The maximum absolute atomic E-state index is 13.9. The Morgan fingerprint density at radius 2 is 1.56 bits per heavy atom. The van der Waals surface area contributed by atoms with E-state index in [0.717, 1.165) is 29.5 Å². The molecule has 1 aliphatic carbocycles. The SMILES string of the molecule is C[C@H](N(Cc1ccc(F)cc1)C(=O)CN1C(=O)O[C@@]2(CCc3cc(NC(=O)CCc4ccc(NC(=O)C=COCCOCCOCCNc5cccc6c5C(=O)N(C5CCC(=O)NC5=O)C6=O)cc4)ccc32)C1=O)C(F)(F)F. The highest BCUT2D eigenvalue weighted by molar-refractivity contribution is 6.25. The van der Waals surface area contributed by atoms with Gasteiger partial charge in [0.1, 0.15) is 31.1 Å². The Balaban J connectivity index is 0.697. The van der Waals surface area contributed by atoms with Crippen molar-refractivity contribution in [2.45, 2.75) is 75.9 Å². The molecule has 3 aliphatic heterocycles. The minimum atomic E-state index is -4.85. The van der Waals surface area contributed by atoms with E-state index in [-0.39, 0.29) is 87.7 Å². The van der Waals surface area contributed by atoms with Crippen LogP contribution in [0.25, 0.3) is 0 Å². The van der Waals surface area contributed by atoms with Gasteiger partial charge >= 0.3 is 12.3 Å². The lowest BCUT2D eigenvalue weighted by molar-refractivity contribution is -0.187. The van der Waals surface area contributed by atoms with Crippen molar-refractivity contribution in [2.75, 3.05) is 62.1 Å². The number of nitrogens with zero attached hydrogens (tertiary/aromatic N) is 3. The number of carbonyl (C=O) groups excluding carboxylic acids is 9. The number of rotatable bonds is 23. The van der Waals surface area contributed by atoms with Crippen molar-refractivity contribution >= 4 is 70.4 Å². The summed E-state index contributed by atoms with van der Waals surface area (Å²) in [6.45, 7) is 0.629. The molecule has 410 valence electrons. The molecule has 20 nitrogen and oxygen atoms in total. The van der Waals surface area contributed by atoms with Crippen LogP contribution in [0.5, 0.6) is 0 Å². The third kappa shape index (κ3) is 12.8. The van der Waals surface area contributed by atoms with Gasteiger partial charge in [0.25, 0.3) is 23.6 Å². The van der Waals surface area contributed by atoms with Crippen molar-refractivity contribution in [1.82, 2.24) is 20.0 Å². The van der Waals surface area contributed by atoms with Gasteiger partial charge in [-0.05, 0) is 91.4 Å². The molecule has 78 heavy (non-hydrogen) atoms. The summed E-state index contributed by atoms with van der Waals surface area (Å²) in [7, 11) is 0. The van der Waals surface area contributed by atoms with E-state index in [2.05, 4.69) is 21.3 Å². The minimum Gasteiger partial charge on any atom is -0.499 e. The molecule has 0 aromatic heterocycles. The van der Waals surface area contributed by atoms with Crippen molar-refractivity contribution in [2.24, 2.45) is 0 Å². The van der Waals surface area contributed by atoms with Gasteiger partial charge in [0.2, 0.25) is 29.2 Å². The third-order valence-electron chi connectivity index (χ3n) is 13.4. The molecule has 0 saturated carbocycles. The molecule has 4 N–H and O–H groups in total. The Labute approximate surface area is 443 Å². The first-order chi connectivity index (χ1) is 37.3. The topological polar surface area (TPSA) is 248 Å².